The molecule has 0 spiro atoms. The van der Waals surface area contributed by atoms with Crippen LogP contribution in [0.2, 0.25) is 0 Å². The first-order valence-corrected chi connectivity index (χ1v) is 5.09. The van der Waals surface area contributed by atoms with Crippen LogP contribution in [0.4, 0.5) is 57.1 Å². The lowest BCUT2D eigenvalue weighted by Gasteiger charge is -2.52. The third-order valence-corrected chi connectivity index (χ3v) is 2.93. The molecule has 0 aromatic carbocycles. The van der Waals surface area contributed by atoms with E-state index in [1.54, 1.807) is 0 Å². The fourth-order valence-corrected chi connectivity index (χ4v) is 1.59. The minimum absolute atomic E-state index is 0.169. The van der Waals surface area contributed by atoms with Gasteiger partial charge in [0.2, 0.25) is 0 Å². The molecule has 0 bridgehead atoms. The Morgan fingerprint density at radius 2 is 1.04 bits per heavy atom. The molecule has 1 aliphatic heterocycles. The molecule has 0 aromatic rings. The van der Waals surface area contributed by atoms with Crippen molar-refractivity contribution in [2.24, 2.45) is 0 Å². The Kier molecular flexibility index (Phi) is 4.16. The third kappa shape index (κ3) is 2.11. The molecule has 138 valence electrons. The second-order valence-electron chi connectivity index (χ2n) is 4.28. The van der Waals surface area contributed by atoms with Crippen LogP contribution < -0.4 is 0 Å². The lowest BCUT2D eigenvalue weighted by Crippen LogP contribution is -2.83. The highest BCUT2D eigenvalue weighted by Gasteiger charge is 2.96. The molecule has 0 aromatic heterocycles. The zero-order valence-electron chi connectivity index (χ0n) is 10.3. The molecule has 1 fully saturated rings. The van der Waals surface area contributed by atoms with Gasteiger partial charge in [-0.05, 0) is 0 Å². The summed E-state index contributed by atoms with van der Waals surface area (Å²) in [5.74, 6) is -22.0. The minimum Gasteiger partial charge on any atom is -0.320 e. The van der Waals surface area contributed by atoms with Gasteiger partial charge in [0.05, 0.1) is 0 Å². The van der Waals surface area contributed by atoms with Crippen LogP contribution in [0.25, 0.3) is 0 Å². The van der Waals surface area contributed by atoms with Gasteiger partial charge in [-0.3, -0.25) is 0 Å². The summed E-state index contributed by atoms with van der Waals surface area (Å²) >= 11 is 0. The molecular formula is C8H4F13NO. The van der Waals surface area contributed by atoms with Gasteiger partial charge >= 0.3 is 36.0 Å². The van der Waals surface area contributed by atoms with Crippen molar-refractivity contribution in [3.63, 3.8) is 0 Å². The highest BCUT2D eigenvalue weighted by atomic mass is 19.4. The molecule has 0 N–H and O–H groups in total. The molecule has 1 rings (SSSR count). The predicted octanol–water partition coefficient (Wildman–Crippen LogP) is 3.93. The second-order valence-corrected chi connectivity index (χ2v) is 4.28. The number of ether oxygens (including phenoxy) is 1. The zero-order chi connectivity index (χ0) is 18.9. The molecule has 0 radical (unpaired) electrons. The Morgan fingerprint density at radius 1 is 0.739 bits per heavy atom. The van der Waals surface area contributed by atoms with E-state index >= 15 is 0 Å². The van der Waals surface area contributed by atoms with Crippen molar-refractivity contribution >= 4 is 0 Å². The van der Waals surface area contributed by atoms with E-state index in [4.69, 9.17) is 0 Å². The van der Waals surface area contributed by atoms with Gasteiger partial charge in [-0.25, -0.2) is 4.39 Å². The van der Waals surface area contributed by atoms with Crippen LogP contribution in [0.15, 0.2) is 0 Å². The fourth-order valence-electron chi connectivity index (χ4n) is 1.59. The summed E-state index contributed by atoms with van der Waals surface area (Å²) in [4.78, 5) is -3.32. The van der Waals surface area contributed by atoms with E-state index in [2.05, 4.69) is 4.74 Å². The van der Waals surface area contributed by atoms with Crippen molar-refractivity contribution in [3.8, 4) is 0 Å². The normalized spacial score (nSPS) is 30.0. The first-order valence-electron chi connectivity index (χ1n) is 5.09. The number of hydrogen-bond acceptors (Lipinski definition) is 2. The topological polar surface area (TPSA) is 12.5 Å². The van der Waals surface area contributed by atoms with Crippen molar-refractivity contribution in [3.05, 3.63) is 0 Å². The SMILES string of the molecule is COC(F)(F)C(F)N1C(F)(F)C(F)(F)C(F)(F)C(F)(F)C1(F)F. The number of nitrogens with zero attached hydrogens (tertiary/aromatic N) is 1. The van der Waals surface area contributed by atoms with Gasteiger partial charge in [-0.1, -0.05) is 0 Å². The first-order chi connectivity index (χ1) is 9.84. The summed E-state index contributed by atoms with van der Waals surface area (Å²) in [6.07, 6.45) is -11.0. The molecule has 1 atom stereocenters. The van der Waals surface area contributed by atoms with Crippen LogP contribution in [0, 0.1) is 0 Å². The second kappa shape index (κ2) is 4.77. The number of halogens is 13. The predicted molar refractivity (Wildman–Crippen MR) is 43.4 cm³/mol. The first kappa shape index (κ1) is 20.1. The van der Waals surface area contributed by atoms with Crippen LogP contribution in [0.3, 0.4) is 0 Å². The average molecular weight is 377 g/mol. The van der Waals surface area contributed by atoms with E-state index in [0.29, 0.717) is 0 Å². The highest BCUT2D eigenvalue weighted by molar-refractivity contribution is 5.15. The zero-order valence-corrected chi connectivity index (χ0v) is 10.3. The van der Waals surface area contributed by atoms with Crippen molar-refractivity contribution in [2.45, 2.75) is 42.3 Å². The Bertz CT molecular complexity index is 445. The Labute approximate surface area is 117 Å². The van der Waals surface area contributed by atoms with E-state index in [0.717, 1.165) is 0 Å². The van der Waals surface area contributed by atoms with Gasteiger partial charge in [0, 0.05) is 7.11 Å². The Hall–Kier alpha value is -0.990. The lowest BCUT2D eigenvalue weighted by molar-refractivity contribution is -0.527. The third-order valence-electron chi connectivity index (χ3n) is 2.93. The summed E-state index contributed by atoms with van der Waals surface area (Å²) in [6, 6.07) is -14.2. The molecule has 1 aliphatic rings. The number of likely N-dealkylation sites (tertiary alicyclic amines) is 1. The van der Waals surface area contributed by atoms with E-state index in [1.165, 1.54) is 0 Å². The summed E-state index contributed by atoms with van der Waals surface area (Å²) in [5.41, 5.74) is 0. The molecule has 15 heteroatoms. The quantitative estimate of drug-likeness (QED) is 0.546. The van der Waals surface area contributed by atoms with E-state index in [1.807, 2.05) is 0 Å². The molecule has 0 amide bonds. The number of alkyl halides is 13. The summed E-state index contributed by atoms with van der Waals surface area (Å²) in [5, 5.41) is 0. The van der Waals surface area contributed by atoms with E-state index < -0.39 is 47.2 Å². The van der Waals surface area contributed by atoms with Crippen molar-refractivity contribution in [2.75, 3.05) is 7.11 Å². The molecule has 1 unspecified atom stereocenters. The number of piperidine rings is 1. The Balaban J connectivity index is 3.69. The number of rotatable bonds is 3. The largest absolute Gasteiger partial charge is 0.400 e. The molecule has 1 heterocycles. The smallest absolute Gasteiger partial charge is 0.320 e. The van der Waals surface area contributed by atoms with Gasteiger partial charge < -0.3 is 4.74 Å². The van der Waals surface area contributed by atoms with Crippen LogP contribution in [-0.2, 0) is 4.74 Å². The average Bonchev–Trinajstić information content (AvgIpc) is 2.35. The highest BCUT2D eigenvalue weighted by Crippen LogP contribution is 2.65. The monoisotopic (exact) mass is 377 g/mol. The molecule has 1 saturated heterocycles. The summed E-state index contributed by atoms with van der Waals surface area (Å²) in [7, 11) is -0.169. The van der Waals surface area contributed by atoms with Crippen molar-refractivity contribution < 1.29 is 61.8 Å². The Morgan fingerprint density at radius 3 is 1.30 bits per heavy atom. The van der Waals surface area contributed by atoms with Crippen LogP contribution in [0.1, 0.15) is 0 Å². The van der Waals surface area contributed by atoms with Crippen LogP contribution in [-0.4, -0.2) is 54.3 Å². The summed E-state index contributed by atoms with van der Waals surface area (Å²) < 4.78 is 171. The standard InChI is InChI=1S/C8H4F13NO/c1-23-3(10,11)2(9)22-7(18,19)5(14,15)4(12,13)6(16,17)8(22,20)21/h2H,1H3. The van der Waals surface area contributed by atoms with Gasteiger partial charge in [-0.15, -0.1) is 4.90 Å². The maximum absolute atomic E-state index is 13.2. The fraction of sp³-hybridized carbons (Fsp3) is 1.00. The summed E-state index contributed by atoms with van der Waals surface area (Å²) in [6.45, 7) is 0. The van der Waals surface area contributed by atoms with Crippen molar-refractivity contribution in [1.29, 1.82) is 0 Å². The van der Waals surface area contributed by atoms with Gasteiger partial charge in [0.25, 0.3) is 6.30 Å². The maximum Gasteiger partial charge on any atom is 0.400 e. The molecule has 0 aliphatic carbocycles. The molecular weight excluding hydrogens is 373 g/mol. The van der Waals surface area contributed by atoms with E-state index in [-0.39, 0.29) is 7.11 Å². The van der Waals surface area contributed by atoms with Crippen molar-refractivity contribution in [1.82, 2.24) is 4.90 Å². The lowest BCUT2D eigenvalue weighted by atomic mass is 9.93. The maximum atomic E-state index is 13.2. The van der Waals surface area contributed by atoms with Gasteiger partial charge in [0.1, 0.15) is 0 Å². The van der Waals surface area contributed by atoms with Gasteiger partial charge in [-0.2, -0.15) is 52.7 Å². The number of hydrogen-bond donors (Lipinski definition) is 0. The minimum atomic E-state index is -7.38. The van der Waals surface area contributed by atoms with E-state index in [9.17, 15) is 57.1 Å². The van der Waals surface area contributed by atoms with Crippen LogP contribution >= 0.6 is 0 Å². The number of methoxy groups -OCH3 is 1. The molecule has 23 heavy (non-hydrogen) atoms. The molecule has 0 saturated carbocycles. The molecule has 2 nitrogen and oxygen atoms in total. The van der Waals surface area contributed by atoms with Gasteiger partial charge in [0.15, 0.2) is 0 Å². The van der Waals surface area contributed by atoms with Crippen LogP contribution in [0.5, 0.6) is 0 Å².